The lowest BCUT2D eigenvalue weighted by molar-refractivity contribution is 0.468. The second kappa shape index (κ2) is 3.78. The number of rotatable bonds is 3. The highest BCUT2D eigenvalue weighted by Gasteiger charge is 2.22. The van der Waals surface area contributed by atoms with E-state index in [1.54, 1.807) is 0 Å². The summed E-state index contributed by atoms with van der Waals surface area (Å²) in [7, 11) is 0. The Morgan fingerprint density at radius 2 is 2.08 bits per heavy atom. The Kier molecular flexibility index (Phi) is 2.92. The summed E-state index contributed by atoms with van der Waals surface area (Å²) in [6.07, 6.45) is 0.481. The van der Waals surface area contributed by atoms with Gasteiger partial charge < -0.3 is 18.7 Å². The minimum absolute atomic E-state index is 0.165. The van der Waals surface area contributed by atoms with Crippen LogP contribution in [-0.4, -0.2) is 12.0 Å². The highest BCUT2D eigenvalue weighted by molar-refractivity contribution is 6.57. The quantitative estimate of drug-likeness (QED) is 0.731. The van der Waals surface area contributed by atoms with E-state index in [4.69, 9.17) is 5.73 Å². The topological polar surface area (TPSA) is 38.9 Å². The van der Waals surface area contributed by atoms with Gasteiger partial charge in [-0.05, 0) is 12.1 Å². The molecule has 0 saturated heterocycles. The summed E-state index contributed by atoms with van der Waals surface area (Å²) in [6.45, 7) is -4.61. The van der Waals surface area contributed by atoms with Gasteiger partial charge in [0.2, 0.25) is 0 Å². The maximum atomic E-state index is 12.0. The minimum Gasteiger partial charge on any atom is -0.449 e. The number of hydrogen-bond acceptors (Lipinski definition) is 2. The zero-order valence-corrected chi connectivity index (χ0v) is 6.88. The molecular formula is C7H9BF3N2-. The van der Waals surface area contributed by atoms with Crippen LogP contribution in [0.2, 0.25) is 0 Å². The third-order valence-corrected chi connectivity index (χ3v) is 1.56. The first kappa shape index (κ1) is 10.0. The molecule has 0 aliphatic carbocycles. The molecule has 1 aromatic rings. The summed E-state index contributed by atoms with van der Waals surface area (Å²) in [5.41, 5.74) is 5.95. The van der Waals surface area contributed by atoms with Gasteiger partial charge in [-0.1, -0.05) is 11.9 Å². The molecule has 2 N–H and O–H groups in total. The zero-order valence-electron chi connectivity index (χ0n) is 6.88. The average molecular weight is 189 g/mol. The summed E-state index contributed by atoms with van der Waals surface area (Å²) >= 11 is 0. The molecule has 0 aliphatic rings. The van der Waals surface area contributed by atoms with Crippen LogP contribution in [0.5, 0.6) is 0 Å². The van der Waals surface area contributed by atoms with Gasteiger partial charge in [-0.3, -0.25) is 4.98 Å². The molecule has 72 valence electrons. The molecule has 0 spiro atoms. The smallest absolute Gasteiger partial charge is 0.449 e. The molecule has 0 radical (unpaired) electrons. The van der Waals surface area contributed by atoms with Crippen LogP contribution in [-0.2, 0) is 12.9 Å². The van der Waals surface area contributed by atoms with Crippen molar-refractivity contribution in [2.75, 3.05) is 0 Å². The van der Waals surface area contributed by atoms with Crippen molar-refractivity contribution in [3.05, 3.63) is 29.6 Å². The van der Waals surface area contributed by atoms with E-state index in [0.717, 1.165) is 0 Å². The predicted molar refractivity (Wildman–Crippen MR) is 44.9 cm³/mol. The molecule has 0 aromatic carbocycles. The Morgan fingerprint density at radius 1 is 1.38 bits per heavy atom. The van der Waals surface area contributed by atoms with Crippen molar-refractivity contribution in [1.82, 2.24) is 4.98 Å². The minimum atomic E-state index is -4.77. The van der Waals surface area contributed by atoms with Crippen molar-refractivity contribution in [1.29, 1.82) is 0 Å². The number of nitrogens with two attached hydrogens (primary N) is 1. The molecule has 0 atom stereocenters. The van der Waals surface area contributed by atoms with Crippen molar-refractivity contribution >= 4 is 6.98 Å². The molecule has 0 saturated carbocycles. The molecule has 1 heterocycles. The van der Waals surface area contributed by atoms with Crippen molar-refractivity contribution in [3.8, 4) is 0 Å². The first-order chi connectivity index (χ1) is 6.01. The van der Waals surface area contributed by atoms with E-state index < -0.39 is 13.3 Å². The van der Waals surface area contributed by atoms with E-state index in [0.29, 0.717) is 5.69 Å². The van der Waals surface area contributed by atoms with E-state index in [-0.39, 0.29) is 12.1 Å². The van der Waals surface area contributed by atoms with E-state index in [9.17, 15) is 12.9 Å². The Bertz CT molecular complexity index is 287. The van der Waals surface area contributed by atoms with Gasteiger partial charge in [-0.15, -0.1) is 0 Å². The summed E-state index contributed by atoms with van der Waals surface area (Å²) in [4.78, 5) is 3.80. The molecule has 0 bridgehead atoms. The Labute approximate surface area is 74.0 Å². The standard InChI is InChI=1S/C7H9BF3N2/c9-8(10,11)4-6-1-2-13-7(3-6)5-12/h1-3H,4-5,12H2/q-1. The molecule has 2 nitrogen and oxygen atoms in total. The molecule has 1 rings (SSSR count). The number of hydrogen-bond donors (Lipinski definition) is 1. The number of pyridine rings is 1. The van der Waals surface area contributed by atoms with E-state index >= 15 is 0 Å². The summed E-state index contributed by atoms with van der Waals surface area (Å²) in [5, 5.41) is 0. The molecule has 6 heteroatoms. The van der Waals surface area contributed by atoms with E-state index in [1.165, 1.54) is 18.3 Å². The monoisotopic (exact) mass is 189 g/mol. The Morgan fingerprint density at radius 3 is 2.62 bits per heavy atom. The van der Waals surface area contributed by atoms with Gasteiger partial charge in [-0.2, -0.15) is 0 Å². The van der Waals surface area contributed by atoms with Gasteiger partial charge in [0.05, 0.1) is 5.69 Å². The lowest BCUT2D eigenvalue weighted by Crippen LogP contribution is -2.19. The number of aromatic nitrogens is 1. The second-order valence-electron chi connectivity index (χ2n) is 2.77. The molecule has 0 aliphatic heterocycles. The third kappa shape index (κ3) is 3.46. The van der Waals surface area contributed by atoms with Gasteiger partial charge in [0.1, 0.15) is 0 Å². The van der Waals surface area contributed by atoms with Crippen LogP contribution >= 0.6 is 0 Å². The molecule has 0 amide bonds. The Hall–Kier alpha value is -1.04. The van der Waals surface area contributed by atoms with Crippen LogP contribution in [0, 0.1) is 0 Å². The van der Waals surface area contributed by atoms with Gasteiger partial charge in [0.15, 0.2) is 0 Å². The highest BCUT2D eigenvalue weighted by atomic mass is 19.4. The van der Waals surface area contributed by atoms with E-state index in [1.807, 2.05) is 0 Å². The summed E-state index contributed by atoms with van der Waals surface area (Å²) in [5.74, 6) is 0. The van der Waals surface area contributed by atoms with Crippen molar-refractivity contribution in [2.24, 2.45) is 5.73 Å². The van der Waals surface area contributed by atoms with Crippen LogP contribution < -0.4 is 5.73 Å². The summed E-state index contributed by atoms with van der Waals surface area (Å²) in [6, 6.07) is 2.74. The predicted octanol–water partition coefficient (Wildman–Crippen LogP) is 1.47. The number of halogens is 3. The maximum absolute atomic E-state index is 12.0. The van der Waals surface area contributed by atoms with Gasteiger partial charge >= 0.3 is 6.98 Å². The van der Waals surface area contributed by atoms with Crippen LogP contribution in [0.25, 0.3) is 0 Å². The summed E-state index contributed by atoms with van der Waals surface area (Å²) < 4.78 is 36.0. The fourth-order valence-electron chi connectivity index (χ4n) is 1.03. The molecule has 0 fully saturated rings. The molecule has 1 aromatic heterocycles. The lowest BCUT2D eigenvalue weighted by Gasteiger charge is -2.13. The molecule has 0 unspecified atom stereocenters. The molecular weight excluding hydrogens is 180 g/mol. The highest BCUT2D eigenvalue weighted by Crippen LogP contribution is 2.15. The average Bonchev–Trinajstić information content (AvgIpc) is 2.01. The van der Waals surface area contributed by atoms with Crippen molar-refractivity contribution in [2.45, 2.75) is 12.9 Å². The second-order valence-corrected chi connectivity index (χ2v) is 2.77. The maximum Gasteiger partial charge on any atom is 0.482 e. The first-order valence-electron chi connectivity index (χ1n) is 3.86. The van der Waals surface area contributed by atoms with Gasteiger partial charge in [0, 0.05) is 12.7 Å². The van der Waals surface area contributed by atoms with Crippen molar-refractivity contribution < 1.29 is 12.9 Å². The van der Waals surface area contributed by atoms with E-state index in [2.05, 4.69) is 4.98 Å². The first-order valence-corrected chi connectivity index (χ1v) is 3.86. The van der Waals surface area contributed by atoms with Crippen LogP contribution in [0.3, 0.4) is 0 Å². The lowest BCUT2D eigenvalue weighted by atomic mass is 9.82. The van der Waals surface area contributed by atoms with Crippen molar-refractivity contribution in [3.63, 3.8) is 0 Å². The fourth-order valence-corrected chi connectivity index (χ4v) is 1.03. The Balaban J connectivity index is 2.78. The third-order valence-electron chi connectivity index (χ3n) is 1.56. The van der Waals surface area contributed by atoms with Gasteiger partial charge in [0.25, 0.3) is 0 Å². The van der Waals surface area contributed by atoms with Crippen LogP contribution in [0.15, 0.2) is 18.3 Å². The van der Waals surface area contributed by atoms with Crippen LogP contribution in [0.4, 0.5) is 12.9 Å². The zero-order chi connectivity index (χ0) is 9.90. The normalized spacial score (nSPS) is 11.7. The number of nitrogens with zero attached hydrogens (tertiary/aromatic N) is 1. The fraction of sp³-hybridized carbons (Fsp3) is 0.286. The SMILES string of the molecule is NCc1cc(C[B-](F)(F)F)ccn1. The largest absolute Gasteiger partial charge is 0.482 e. The molecule has 13 heavy (non-hydrogen) atoms. The van der Waals surface area contributed by atoms with Gasteiger partial charge in [-0.25, -0.2) is 0 Å². The van der Waals surface area contributed by atoms with Crippen LogP contribution in [0.1, 0.15) is 11.3 Å².